The van der Waals surface area contributed by atoms with Crippen LogP contribution >= 0.6 is 0 Å². The Labute approximate surface area is 71.7 Å². The molecule has 0 aliphatic heterocycles. The van der Waals surface area contributed by atoms with Crippen molar-refractivity contribution in [2.75, 3.05) is 0 Å². The van der Waals surface area contributed by atoms with E-state index < -0.39 is 0 Å². The molecule has 0 saturated carbocycles. The van der Waals surface area contributed by atoms with Gasteiger partial charge in [-0.15, -0.1) is 0 Å². The lowest BCUT2D eigenvalue weighted by Crippen LogP contribution is -2.15. The number of hydrogen-bond acceptors (Lipinski definition) is 0. The Morgan fingerprint density at radius 2 is 1.91 bits per heavy atom. The molecular formula is C11H22. The number of unbranched alkanes of at least 4 members (excludes halogenated alkanes) is 1. The summed E-state index contributed by atoms with van der Waals surface area (Å²) < 4.78 is 0. The second kappa shape index (κ2) is 4.58. The fourth-order valence-electron chi connectivity index (χ4n) is 1.26. The normalized spacial score (nSPS) is 16.0. The largest absolute Gasteiger partial charge is 0.0996 e. The third-order valence-corrected chi connectivity index (χ3v) is 2.89. The van der Waals surface area contributed by atoms with Crippen molar-refractivity contribution in [3.8, 4) is 0 Å². The van der Waals surface area contributed by atoms with E-state index in [1.807, 2.05) is 0 Å². The van der Waals surface area contributed by atoms with Crippen LogP contribution in [0, 0.1) is 5.41 Å². The van der Waals surface area contributed by atoms with Gasteiger partial charge in [0.25, 0.3) is 0 Å². The number of rotatable bonds is 5. The second-order valence-corrected chi connectivity index (χ2v) is 3.80. The van der Waals surface area contributed by atoms with E-state index in [-0.39, 0.29) is 0 Å². The molecule has 0 aromatic heterocycles. The Hall–Kier alpha value is -0.260. The zero-order valence-electron chi connectivity index (χ0n) is 8.54. The molecule has 0 N–H and O–H groups in total. The van der Waals surface area contributed by atoms with Crippen LogP contribution in [-0.2, 0) is 0 Å². The number of hydrogen-bond donors (Lipinski definition) is 0. The quantitative estimate of drug-likeness (QED) is 0.521. The summed E-state index contributed by atoms with van der Waals surface area (Å²) in [5.41, 5.74) is 1.74. The van der Waals surface area contributed by atoms with Crippen LogP contribution in [0.15, 0.2) is 12.2 Å². The maximum Gasteiger partial charge on any atom is -0.0124 e. The average molecular weight is 154 g/mol. The Kier molecular flexibility index (Phi) is 4.48. The monoisotopic (exact) mass is 154 g/mol. The molecule has 0 aromatic carbocycles. The van der Waals surface area contributed by atoms with E-state index in [9.17, 15) is 0 Å². The summed E-state index contributed by atoms with van der Waals surface area (Å²) in [7, 11) is 0. The van der Waals surface area contributed by atoms with Gasteiger partial charge in [0.1, 0.15) is 0 Å². The molecule has 0 bridgehead atoms. The van der Waals surface area contributed by atoms with E-state index in [1.165, 1.54) is 31.3 Å². The molecule has 1 unspecified atom stereocenters. The fraction of sp³-hybridized carbons (Fsp3) is 0.818. The molecule has 11 heavy (non-hydrogen) atoms. The van der Waals surface area contributed by atoms with Gasteiger partial charge in [-0.3, -0.25) is 0 Å². The molecule has 0 nitrogen and oxygen atoms in total. The summed E-state index contributed by atoms with van der Waals surface area (Å²) in [6.07, 6.45) is 5.15. The van der Waals surface area contributed by atoms with Gasteiger partial charge >= 0.3 is 0 Å². The first-order chi connectivity index (χ1) is 5.06. The van der Waals surface area contributed by atoms with Gasteiger partial charge in [0.15, 0.2) is 0 Å². The van der Waals surface area contributed by atoms with Gasteiger partial charge in [0, 0.05) is 0 Å². The molecule has 0 aliphatic carbocycles. The maximum absolute atomic E-state index is 4.05. The molecule has 0 rings (SSSR count). The molecule has 0 amide bonds. The first-order valence-corrected chi connectivity index (χ1v) is 4.72. The Bertz CT molecular complexity index is 124. The lowest BCUT2D eigenvalue weighted by molar-refractivity contribution is 0.340. The standard InChI is InChI=1S/C11H22/c1-6-8-9-11(5,7-2)10(3)4/h3,6-9H2,1-2,4-5H3. The molecule has 0 heteroatoms. The first-order valence-electron chi connectivity index (χ1n) is 4.72. The number of allylic oxidation sites excluding steroid dienone is 1. The molecule has 0 aliphatic rings. The summed E-state index contributed by atoms with van der Waals surface area (Å²) >= 11 is 0. The van der Waals surface area contributed by atoms with Crippen LogP contribution in [0.25, 0.3) is 0 Å². The Morgan fingerprint density at radius 3 is 2.18 bits per heavy atom. The van der Waals surface area contributed by atoms with Crippen molar-refractivity contribution in [3.05, 3.63) is 12.2 Å². The molecule has 0 saturated heterocycles. The molecule has 0 fully saturated rings. The van der Waals surface area contributed by atoms with Crippen LogP contribution in [0.5, 0.6) is 0 Å². The highest BCUT2D eigenvalue weighted by Gasteiger charge is 2.21. The summed E-state index contributed by atoms with van der Waals surface area (Å²) in [4.78, 5) is 0. The average Bonchev–Trinajstić information content (AvgIpc) is 2.00. The van der Waals surface area contributed by atoms with E-state index in [0.717, 1.165) is 0 Å². The third-order valence-electron chi connectivity index (χ3n) is 2.89. The van der Waals surface area contributed by atoms with Crippen molar-refractivity contribution >= 4 is 0 Å². The van der Waals surface area contributed by atoms with Crippen molar-refractivity contribution in [2.24, 2.45) is 5.41 Å². The van der Waals surface area contributed by atoms with E-state index in [2.05, 4.69) is 34.3 Å². The van der Waals surface area contributed by atoms with Gasteiger partial charge in [-0.25, -0.2) is 0 Å². The van der Waals surface area contributed by atoms with Crippen LogP contribution < -0.4 is 0 Å². The van der Waals surface area contributed by atoms with Gasteiger partial charge in [0.2, 0.25) is 0 Å². The minimum Gasteiger partial charge on any atom is -0.0996 e. The molecule has 1 atom stereocenters. The zero-order valence-corrected chi connectivity index (χ0v) is 8.54. The summed E-state index contributed by atoms with van der Waals surface area (Å²) in [5.74, 6) is 0. The molecule has 0 aromatic rings. The summed E-state index contributed by atoms with van der Waals surface area (Å²) in [6, 6.07) is 0. The molecule has 0 heterocycles. The Morgan fingerprint density at radius 1 is 1.36 bits per heavy atom. The lowest BCUT2D eigenvalue weighted by Gasteiger charge is -2.28. The SMILES string of the molecule is C=C(C)C(C)(CC)CCCC. The van der Waals surface area contributed by atoms with Crippen LogP contribution in [0.3, 0.4) is 0 Å². The highest BCUT2D eigenvalue weighted by Crippen LogP contribution is 2.34. The summed E-state index contributed by atoms with van der Waals surface area (Å²) in [5, 5.41) is 0. The van der Waals surface area contributed by atoms with Crippen LogP contribution in [0.2, 0.25) is 0 Å². The topological polar surface area (TPSA) is 0 Å². The minimum absolute atomic E-state index is 0.399. The smallest absolute Gasteiger partial charge is 0.0124 e. The third kappa shape index (κ3) is 3.09. The van der Waals surface area contributed by atoms with E-state index in [4.69, 9.17) is 0 Å². The van der Waals surface area contributed by atoms with Crippen LogP contribution in [-0.4, -0.2) is 0 Å². The van der Waals surface area contributed by atoms with Crippen LogP contribution in [0.1, 0.15) is 53.4 Å². The Balaban J connectivity index is 3.99. The van der Waals surface area contributed by atoms with Gasteiger partial charge in [-0.2, -0.15) is 0 Å². The van der Waals surface area contributed by atoms with Gasteiger partial charge < -0.3 is 0 Å². The fourth-order valence-corrected chi connectivity index (χ4v) is 1.26. The van der Waals surface area contributed by atoms with Crippen molar-refractivity contribution in [1.82, 2.24) is 0 Å². The van der Waals surface area contributed by atoms with Crippen molar-refractivity contribution < 1.29 is 0 Å². The highest BCUT2D eigenvalue weighted by molar-refractivity contribution is 5.04. The van der Waals surface area contributed by atoms with E-state index >= 15 is 0 Å². The van der Waals surface area contributed by atoms with Crippen molar-refractivity contribution in [1.29, 1.82) is 0 Å². The molecule has 66 valence electrons. The van der Waals surface area contributed by atoms with Crippen molar-refractivity contribution in [3.63, 3.8) is 0 Å². The lowest BCUT2D eigenvalue weighted by atomic mass is 9.77. The van der Waals surface area contributed by atoms with Crippen molar-refractivity contribution in [2.45, 2.75) is 53.4 Å². The van der Waals surface area contributed by atoms with Crippen LogP contribution in [0.4, 0.5) is 0 Å². The minimum atomic E-state index is 0.399. The molecule has 0 radical (unpaired) electrons. The second-order valence-electron chi connectivity index (χ2n) is 3.80. The predicted octanol–water partition coefficient (Wildman–Crippen LogP) is 4.17. The highest BCUT2D eigenvalue weighted by atomic mass is 14.3. The zero-order chi connectivity index (χ0) is 8.91. The van der Waals surface area contributed by atoms with E-state index in [1.54, 1.807) is 0 Å². The maximum atomic E-state index is 4.05. The van der Waals surface area contributed by atoms with Gasteiger partial charge in [-0.05, 0) is 25.2 Å². The molecule has 0 spiro atoms. The molecular weight excluding hydrogens is 132 g/mol. The predicted molar refractivity (Wildman–Crippen MR) is 52.7 cm³/mol. The van der Waals surface area contributed by atoms with Gasteiger partial charge in [-0.1, -0.05) is 45.8 Å². The first kappa shape index (κ1) is 10.7. The van der Waals surface area contributed by atoms with Gasteiger partial charge in [0.05, 0.1) is 0 Å². The summed E-state index contributed by atoms with van der Waals surface area (Å²) in [6.45, 7) is 13.0. The van der Waals surface area contributed by atoms with E-state index in [0.29, 0.717) is 5.41 Å².